The molecule has 0 aliphatic carbocycles. The van der Waals surface area contributed by atoms with Crippen molar-refractivity contribution in [1.29, 1.82) is 0 Å². The van der Waals surface area contributed by atoms with E-state index in [9.17, 15) is 9.18 Å². The maximum atomic E-state index is 14.6. The van der Waals surface area contributed by atoms with Gasteiger partial charge in [-0.15, -0.1) is 5.10 Å². The summed E-state index contributed by atoms with van der Waals surface area (Å²) < 4.78 is 32.7. The summed E-state index contributed by atoms with van der Waals surface area (Å²) in [6, 6.07) is 11.4. The van der Waals surface area contributed by atoms with Crippen LogP contribution in [0.25, 0.3) is 16.9 Å². The first-order valence-electron chi connectivity index (χ1n) is 12.1. The van der Waals surface area contributed by atoms with Gasteiger partial charge in [-0.3, -0.25) is 4.79 Å². The van der Waals surface area contributed by atoms with Crippen molar-refractivity contribution < 1.29 is 23.4 Å². The molecular weight excluding hydrogens is 477 g/mol. The second-order valence-corrected chi connectivity index (χ2v) is 9.00. The third kappa shape index (κ3) is 5.19. The Balaban J connectivity index is 1.55. The van der Waals surface area contributed by atoms with E-state index in [1.165, 1.54) is 19.2 Å². The molecule has 0 radical (unpaired) electrons. The summed E-state index contributed by atoms with van der Waals surface area (Å²) in [5.74, 6) is 0.00303. The minimum atomic E-state index is -0.568. The zero-order valence-electron chi connectivity index (χ0n) is 20.7. The van der Waals surface area contributed by atoms with Crippen LogP contribution in [0.5, 0.6) is 17.4 Å². The van der Waals surface area contributed by atoms with Crippen LogP contribution >= 0.6 is 0 Å². The van der Waals surface area contributed by atoms with Crippen molar-refractivity contribution in [1.82, 2.24) is 14.6 Å². The van der Waals surface area contributed by atoms with E-state index < -0.39 is 11.7 Å². The van der Waals surface area contributed by atoms with Gasteiger partial charge in [0.15, 0.2) is 17.2 Å². The fourth-order valence-corrected chi connectivity index (χ4v) is 4.43. The summed E-state index contributed by atoms with van der Waals surface area (Å²) >= 11 is 0. The Kier molecular flexibility index (Phi) is 6.91. The maximum Gasteiger partial charge on any atom is 0.248 e. The van der Waals surface area contributed by atoms with Gasteiger partial charge in [-0.25, -0.2) is 13.9 Å². The molecule has 0 atom stereocenters. The Morgan fingerprint density at radius 2 is 2.03 bits per heavy atom. The van der Waals surface area contributed by atoms with E-state index in [2.05, 4.69) is 15.4 Å². The number of benzene rings is 2. The van der Waals surface area contributed by atoms with E-state index in [4.69, 9.17) is 19.9 Å². The second-order valence-electron chi connectivity index (χ2n) is 9.00. The summed E-state index contributed by atoms with van der Waals surface area (Å²) in [4.78, 5) is 16.3. The van der Waals surface area contributed by atoms with E-state index in [0.717, 1.165) is 43.7 Å². The number of nitrogens with two attached hydrogens (primary N) is 1. The molecule has 0 spiro atoms. The van der Waals surface area contributed by atoms with Crippen molar-refractivity contribution in [3.8, 4) is 28.6 Å². The number of rotatable bonds is 8. The third-order valence-electron chi connectivity index (χ3n) is 6.51. The predicted octanol–water partition coefficient (Wildman–Crippen LogP) is 4.58. The molecule has 1 aliphatic heterocycles. The topological polar surface area (TPSA) is 113 Å². The Labute approximate surface area is 213 Å². The minimum absolute atomic E-state index is 0.0198. The van der Waals surface area contributed by atoms with Crippen LogP contribution in [-0.4, -0.2) is 47.4 Å². The highest BCUT2D eigenvalue weighted by molar-refractivity contribution is 5.94. The van der Waals surface area contributed by atoms with E-state index in [1.54, 1.807) is 35.0 Å². The molecule has 1 saturated heterocycles. The number of hydrogen-bond acceptors (Lipinski definition) is 7. The van der Waals surface area contributed by atoms with Gasteiger partial charge < -0.3 is 25.3 Å². The summed E-state index contributed by atoms with van der Waals surface area (Å²) in [7, 11) is 1.47. The van der Waals surface area contributed by atoms with Crippen LogP contribution in [0.4, 0.5) is 10.1 Å². The number of amides is 1. The van der Waals surface area contributed by atoms with E-state index in [0.29, 0.717) is 34.3 Å². The summed E-state index contributed by atoms with van der Waals surface area (Å²) in [6.07, 6.45) is 3.65. The molecule has 0 saturated carbocycles. The lowest BCUT2D eigenvalue weighted by Crippen LogP contribution is -2.23. The molecule has 2 aromatic carbocycles. The van der Waals surface area contributed by atoms with Crippen molar-refractivity contribution >= 4 is 17.2 Å². The number of nitrogens with one attached hydrogen (secondary N) is 1. The van der Waals surface area contributed by atoms with Gasteiger partial charge in [-0.05, 0) is 55.5 Å². The number of halogens is 1. The number of methoxy groups -OCH3 is 1. The van der Waals surface area contributed by atoms with Crippen molar-refractivity contribution in [2.75, 3.05) is 32.2 Å². The minimum Gasteiger partial charge on any atom is -0.497 e. The zero-order chi connectivity index (χ0) is 25.9. The number of fused-ring (bicyclic) bond motifs is 1. The van der Waals surface area contributed by atoms with Crippen molar-refractivity contribution in [3.05, 3.63) is 65.6 Å². The zero-order valence-corrected chi connectivity index (χ0v) is 20.7. The number of primary amides is 1. The van der Waals surface area contributed by atoms with Gasteiger partial charge in [0, 0.05) is 43.0 Å². The first-order valence-corrected chi connectivity index (χ1v) is 12.1. The molecule has 2 aromatic heterocycles. The molecule has 37 heavy (non-hydrogen) atoms. The van der Waals surface area contributed by atoms with Gasteiger partial charge in [0.2, 0.25) is 11.8 Å². The third-order valence-corrected chi connectivity index (χ3v) is 6.51. The molecule has 0 bridgehead atoms. The van der Waals surface area contributed by atoms with E-state index in [-0.39, 0.29) is 11.6 Å². The molecule has 192 valence electrons. The van der Waals surface area contributed by atoms with E-state index in [1.807, 2.05) is 13.0 Å². The highest BCUT2D eigenvalue weighted by Gasteiger charge is 2.19. The van der Waals surface area contributed by atoms with Crippen LogP contribution in [0.15, 0.2) is 48.7 Å². The number of carbonyl (C=O) groups is 1. The standard InChI is InChI=1S/C27H28FN5O4/c1-16-11-18(3-5-20(16)26(29)34)23-15-31-27-22(30-14-17-7-9-36-10-8-17)13-25(32-33(23)27)37-24-6-4-19(35-2)12-21(24)28/h3-6,11-13,15,17,30H,7-10,14H2,1-2H3,(H2,29,34). The summed E-state index contributed by atoms with van der Waals surface area (Å²) in [5, 5.41) is 8.10. The van der Waals surface area contributed by atoms with Crippen LogP contribution in [-0.2, 0) is 4.74 Å². The Morgan fingerprint density at radius 1 is 1.22 bits per heavy atom. The average molecular weight is 506 g/mol. The fraction of sp³-hybridized carbons (Fsp3) is 0.296. The molecule has 1 amide bonds. The summed E-state index contributed by atoms with van der Waals surface area (Å²) in [5.41, 5.74) is 9.45. The number of anilines is 1. The lowest BCUT2D eigenvalue weighted by molar-refractivity contribution is 0.0699. The van der Waals surface area contributed by atoms with Crippen LogP contribution in [0.1, 0.15) is 28.8 Å². The Morgan fingerprint density at radius 3 is 2.73 bits per heavy atom. The average Bonchev–Trinajstić information content (AvgIpc) is 3.33. The first-order chi connectivity index (χ1) is 17.9. The molecule has 4 aromatic rings. The fourth-order valence-electron chi connectivity index (χ4n) is 4.43. The van der Waals surface area contributed by atoms with Crippen LogP contribution in [0, 0.1) is 18.7 Å². The molecule has 10 heteroatoms. The number of aromatic nitrogens is 3. The molecular formula is C27H28FN5O4. The molecule has 3 N–H and O–H groups in total. The molecule has 1 aliphatic rings. The number of carbonyl (C=O) groups excluding carboxylic acids is 1. The largest absolute Gasteiger partial charge is 0.497 e. The van der Waals surface area contributed by atoms with Crippen molar-refractivity contribution in [2.45, 2.75) is 19.8 Å². The number of ether oxygens (including phenoxy) is 3. The molecule has 5 rings (SSSR count). The molecule has 1 fully saturated rings. The predicted molar refractivity (Wildman–Crippen MR) is 137 cm³/mol. The van der Waals surface area contributed by atoms with Crippen molar-refractivity contribution in [3.63, 3.8) is 0 Å². The smallest absolute Gasteiger partial charge is 0.248 e. The number of hydrogen-bond donors (Lipinski definition) is 2. The SMILES string of the molecule is COc1ccc(Oc2cc(NCC3CCOCC3)c3ncc(-c4ccc(C(N)=O)c(C)c4)n3n2)c(F)c1. The Hall–Kier alpha value is -4.18. The van der Waals surface area contributed by atoms with Gasteiger partial charge in [0.05, 0.1) is 24.7 Å². The molecule has 3 heterocycles. The van der Waals surface area contributed by atoms with Gasteiger partial charge in [-0.1, -0.05) is 6.07 Å². The van der Waals surface area contributed by atoms with E-state index >= 15 is 0 Å². The van der Waals surface area contributed by atoms with Gasteiger partial charge in [0.1, 0.15) is 5.75 Å². The van der Waals surface area contributed by atoms with Gasteiger partial charge in [-0.2, -0.15) is 0 Å². The number of nitrogens with zero attached hydrogens (tertiary/aromatic N) is 3. The quantitative estimate of drug-likeness (QED) is 0.360. The first kappa shape index (κ1) is 24.5. The second kappa shape index (κ2) is 10.4. The van der Waals surface area contributed by atoms with Crippen LogP contribution in [0.2, 0.25) is 0 Å². The molecule has 9 nitrogen and oxygen atoms in total. The highest BCUT2D eigenvalue weighted by atomic mass is 19.1. The monoisotopic (exact) mass is 505 g/mol. The lowest BCUT2D eigenvalue weighted by Gasteiger charge is -2.22. The number of aryl methyl sites for hydroxylation is 1. The lowest BCUT2D eigenvalue weighted by atomic mass is 10.0. The Bertz CT molecular complexity index is 1450. The highest BCUT2D eigenvalue weighted by Crippen LogP contribution is 2.32. The molecule has 0 unspecified atom stereocenters. The number of imidazole rings is 1. The van der Waals surface area contributed by atoms with Crippen LogP contribution < -0.4 is 20.5 Å². The maximum absolute atomic E-state index is 14.6. The van der Waals surface area contributed by atoms with Crippen molar-refractivity contribution in [2.24, 2.45) is 11.7 Å². The van der Waals surface area contributed by atoms with Gasteiger partial charge in [0.25, 0.3) is 0 Å². The van der Waals surface area contributed by atoms with Gasteiger partial charge >= 0.3 is 0 Å². The normalized spacial score (nSPS) is 14.0. The van der Waals surface area contributed by atoms with Crippen LogP contribution in [0.3, 0.4) is 0 Å². The summed E-state index contributed by atoms with van der Waals surface area (Å²) in [6.45, 7) is 4.05.